The summed E-state index contributed by atoms with van der Waals surface area (Å²) in [6, 6.07) is 21.8. The Hall–Kier alpha value is -3.44. The average molecular weight is 443 g/mol. The molecule has 2 heterocycles. The largest absolute Gasteiger partial charge is 0.330 e. The third-order valence-electron chi connectivity index (χ3n) is 5.61. The van der Waals surface area contributed by atoms with Gasteiger partial charge in [-0.2, -0.15) is 0 Å². The number of thiophene rings is 1. The Morgan fingerprint density at radius 1 is 1.06 bits per heavy atom. The fraction of sp³-hybridized carbons (Fsp3) is 0.185. The summed E-state index contributed by atoms with van der Waals surface area (Å²) in [6.45, 7) is 4.74. The van der Waals surface area contributed by atoms with Crippen LogP contribution < -0.4 is 0 Å². The van der Waals surface area contributed by atoms with E-state index in [4.69, 9.17) is 0 Å². The molecule has 5 heteroatoms. The Bertz CT molecular complexity index is 1100. The standard InChI is InChI=1S/C27H26N2O2S/c1-2-17-28(25(30)14-13-21-9-5-3-6-10-21)20-26(31)29-18-15-24-23(16-19-32-24)27(29)22-11-7-4-8-12-22/h2-14,16,19,27H,1,15,17-18,20H2/b14-13+/t27-/m1/s1. The molecule has 0 aliphatic carbocycles. The normalized spacial score (nSPS) is 15.4. The maximum atomic E-state index is 13.5. The van der Waals surface area contributed by atoms with Crippen molar-refractivity contribution in [3.05, 3.63) is 112 Å². The van der Waals surface area contributed by atoms with Gasteiger partial charge in [0.1, 0.15) is 6.54 Å². The van der Waals surface area contributed by atoms with Gasteiger partial charge in [-0.25, -0.2) is 0 Å². The third-order valence-corrected chi connectivity index (χ3v) is 6.60. The monoisotopic (exact) mass is 442 g/mol. The van der Waals surface area contributed by atoms with Gasteiger partial charge in [-0.15, -0.1) is 17.9 Å². The second-order valence-corrected chi connectivity index (χ2v) is 8.70. The van der Waals surface area contributed by atoms with Gasteiger partial charge in [0.2, 0.25) is 11.8 Å². The average Bonchev–Trinajstić information content (AvgIpc) is 3.31. The van der Waals surface area contributed by atoms with Gasteiger partial charge in [0.25, 0.3) is 0 Å². The van der Waals surface area contributed by atoms with Crippen LogP contribution in [0.25, 0.3) is 6.08 Å². The number of carbonyl (C=O) groups excluding carboxylic acids is 2. The zero-order chi connectivity index (χ0) is 22.3. The van der Waals surface area contributed by atoms with Crippen molar-refractivity contribution < 1.29 is 9.59 Å². The molecule has 2 aromatic carbocycles. The van der Waals surface area contributed by atoms with E-state index in [0.29, 0.717) is 13.1 Å². The number of hydrogen-bond acceptors (Lipinski definition) is 3. The summed E-state index contributed by atoms with van der Waals surface area (Å²) >= 11 is 1.74. The molecule has 0 saturated heterocycles. The first-order chi connectivity index (χ1) is 15.7. The molecule has 0 saturated carbocycles. The highest BCUT2D eigenvalue weighted by Crippen LogP contribution is 2.37. The zero-order valence-corrected chi connectivity index (χ0v) is 18.7. The molecule has 3 aromatic rings. The van der Waals surface area contributed by atoms with Crippen molar-refractivity contribution in [2.45, 2.75) is 12.5 Å². The lowest BCUT2D eigenvalue weighted by Crippen LogP contribution is -2.46. The van der Waals surface area contributed by atoms with Crippen molar-refractivity contribution in [3.8, 4) is 0 Å². The summed E-state index contributed by atoms with van der Waals surface area (Å²) in [7, 11) is 0. The van der Waals surface area contributed by atoms with E-state index in [1.165, 1.54) is 16.5 Å². The van der Waals surface area contributed by atoms with E-state index >= 15 is 0 Å². The van der Waals surface area contributed by atoms with Gasteiger partial charge in [-0.1, -0.05) is 66.7 Å². The van der Waals surface area contributed by atoms with Crippen LogP contribution in [0.4, 0.5) is 0 Å². The van der Waals surface area contributed by atoms with Crippen molar-refractivity contribution in [3.63, 3.8) is 0 Å². The van der Waals surface area contributed by atoms with Crippen molar-refractivity contribution in [2.75, 3.05) is 19.6 Å². The number of rotatable bonds is 7. The van der Waals surface area contributed by atoms with Gasteiger partial charge in [-0.05, 0) is 40.6 Å². The summed E-state index contributed by atoms with van der Waals surface area (Å²) < 4.78 is 0. The van der Waals surface area contributed by atoms with Crippen LogP contribution in [-0.4, -0.2) is 41.2 Å². The zero-order valence-electron chi connectivity index (χ0n) is 17.9. The van der Waals surface area contributed by atoms with Crippen molar-refractivity contribution >= 4 is 29.2 Å². The van der Waals surface area contributed by atoms with E-state index in [9.17, 15) is 9.59 Å². The second-order valence-electron chi connectivity index (χ2n) is 7.70. The molecular weight excluding hydrogens is 416 g/mol. The number of hydrogen-bond donors (Lipinski definition) is 0. The minimum absolute atomic E-state index is 0.0206. The van der Waals surface area contributed by atoms with E-state index in [2.05, 4.69) is 30.2 Å². The molecule has 0 bridgehead atoms. The molecule has 1 aliphatic heterocycles. The molecule has 1 atom stereocenters. The number of benzene rings is 2. The lowest BCUT2D eigenvalue weighted by molar-refractivity contribution is -0.139. The minimum atomic E-state index is -0.202. The summed E-state index contributed by atoms with van der Waals surface area (Å²) in [5.74, 6) is -0.259. The summed E-state index contributed by atoms with van der Waals surface area (Å²) in [4.78, 5) is 31.1. The lowest BCUT2D eigenvalue weighted by Gasteiger charge is -2.37. The molecule has 4 nitrogen and oxygen atoms in total. The topological polar surface area (TPSA) is 40.6 Å². The first kappa shape index (κ1) is 21.8. The quantitative estimate of drug-likeness (QED) is 0.384. The molecule has 2 amide bonds. The molecule has 4 rings (SSSR count). The number of carbonyl (C=O) groups is 2. The van der Waals surface area contributed by atoms with Crippen LogP contribution in [0.1, 0.15) is 27.6 Å². The van der Waals surface area contributed by atoms with Crippen LogP contribution in [0.2, 0.25) is 0 Å². The van der Waals surface area contributed by atoms with Crippen molar-refractivity contribution in [2.24, 2.45) is 0 Å². The summed E-state index contributed by atoms with van der Waals surface area (Å²) in [5, 5.41) is 2.09. The maximum absolute atomic E-state index is 13.5. The molecule has 0 spiro atoms. The maximum Gasteiger partial charge on any atom is 0.247 e. The van der Waals surface area contributed by atoms with E-state index in [1.54, 1.807) is 28.4 Å². The van der Waals surface area contributed by atoms with Gasteiger partial charge in [0, 0.05) is 24.0 Å². The Balaban J connectivity index is 1.54. The fourth-order valence-electron chi connectivity index (χ4n) is 4.06. The first-order valence-electron chi connectivity index (χ1n) is 10.7. The van der Waals surface area contributed by atoms with E-state index in [1.807, 2.05) is 53.4 Å². The molecule has 32 heavy (non-hydrogen) atoms. The SMILES string of the molecule is C=CCN(CC(=O)N1CCc2sccc2[C@H]1c1ccccc1)C(=O)/C=C/c1ccccc1. The Morgan fingerprint density at radius 3 is 2.50 bits per heavy atom. The predicted octanol–water partition coefficient (Wildman–Crippen LogP) is 4.95. The number of fused-ring (bicyclic) bond motifs is 1. The number of nitrogens with zero attached hydrogens (tertiary/aromatic N) is 2. The van der Waals surface area contributed by atoms with Gasteiger partial charge < -0.3 is 9.80 Å². The number of amides is 2. The van der Waals surface area contributed by atoms with Crippen LogP contribution >= 0.6 is 11.3 Å². The Kier molecular flexibility index (Phi) is 6.97. The smallest absolute Gasteiger partial charge is 0.247 e. The molecular formula is C27H26N2O2S. The highest BCUT2D eigenvalue weighted by molar-refractivity contribution is 7.10. The third kappa shape index (κ3) is 4.89. The highest BCUT2D eigenvalue weighted by Gasteiger charge is 2.33. The first-order valence-corrected chi connectivity index (χ1v) is 11.6. The fourth-order valence-corrected chi connectivity index (χ4v) is 4.96. The summed E-state index contributed by atoms with van der Waals surface area (Å²) in [6.07, 6.45) is 5.79. The molecule has 1 aliphatic rings. The van der Waals surface area contributed by atoms with Crippen LogP contribution in [0.15, 0.2) is 90.8 Å². The summed E-state index contributed by atoms with van der Waals surface area (Å²) in [5.41, 5.74) is 3.22. The molecule has 0 unspecified atom stereocenters. The van der Waals surface area contributed by atoms with Crippen LogP contribution in [0.5, 0.6) is 0 Å². The molecule has 1 aromatic heterocycles. The lowest BCUT2D eigenvalue weighted by atomic mass is 9.93. The van der Waals surface area contributed by atoms with Gasteiger partial charge in [0.05, 0.1) is 6.04 Å². The van der Waals surface area contributed by atoms with Gasteiger partial charge in [-0.3, -0.25) is 9.59 Å². The molecule has 0 N–H and O–H groups in total. The minimum Gasteiger partial charge on any atom is -0.330 e. The Morgan fingerprint density at radius 2 is 1.78 bits per heavy atom. The van der Waals surface area contributed by atoms with Crippen LogP contribution in [0, 0.1) is 0 Å². The highest BCUT2D eigenvalue weighted by atomic mass is 32.1. The van der Waals surface area contributed by atoms with Crippen LogP contribution in [-0.2, 0) is 16.0 Å². The second kappa shape index (κ2) is 10.2. The van der Waals surface area contributed by atoms with Crippen molar-refractivity contribution in [1.82, 2.24) is 9.80 Å². The van der Waals surface area contributed by atoms with Gasteiger partial charge in [0.15, 0.2) is 0 Å². The van der Waals surface area contributed by atoms with E-state index in [-0.39, 0.29) is 24.4 Å². The van der Waals surface area contributed by atoms with Gasteiger partial charge >= 0.3 is 0 Å². The van der Waals surface area contributed by atoms with E-state index in [0.717, 1.165) is 17.5 Å². The van der Waals surface area contributed by atoms with E-state index < -0.39 is 0 Å². The van der Waals surface area contributed by atoms with Crippen LogP contribution in [0.3, 0.4) is 0 Å². The molecule has 0 fully saturated rings. The Labute approximate surface area is 193 Å². The molecule has 0 radical (unpaired) electrons. The molecule has 162 valence electrons. The predicted molar refractivity (Wildman–Crippen MR) is 130 cm³/mol. The van der Waals surface area contributed by atoms with Crippen molar-refractivity contribution in [1.29, 1.82) is 0 Å².